The number of rotatable bonds is 6. The molecular weight excluding hydrogens is 422 g/mol. The van der Waals surface area contributed by atoms with Gasteiger partial charge in [-0.15, -0.1) is 0 Å². The highest BCUT2D eigenvalue weighted by Crippen LogP contribution is 2.34. The highest BCUT2D eigenvalue weighted by Gasteiger charge is 2.21. The summed E-state index contributed by atoms with van der Waals surface area (Å²) < 4.78 is 1.64. The lowest BCUT2D eigenvalue weighted by Crippen LogP contribution is -2.29. The van der Waals surface area contributed by atoms with Gasteiger partial charge in [0.05, 0.1) is 5.69 Å². The number of fused-ring (bicyclic) bond motifs is 1. The van der Waals surface area contributed by atoms with Crippen LogP contribution in [0.15, 0.2) is 91.6 Å². The van der Waals surface area contributed by atoms with E-state index in [4.69, 9.17) is 11.6 Å². The molecule has 1 atom stereocenters. The van der Waals surface area contributed by atoms with Crippen molar-refractivity contribution in [3.05, 3.63) is 113 Å². The van der Waals surface area contributed by atoms with Gasteiger partial charge in [-0.3, -0.25) is 4.79 Å². The van der Waals surface area contributed by atoms with Gasteiger partial charge >= 0.3 is 0 Å². The van der Waals surface area contributed by atoms with Gasteiger partial charge in [-0.1, -0.05) is 48.0 Å². The molecule has 2 N–H and O–H groups in total. The monoisotopic (exact) mass is 441 g/mol. The largest absolute Gasteiger partial charge is 0.361 e. The maximum atomic E-state index is 12.9. The van der Waals surface area contributed by atoms with Crippen molar-refractivity contribution in [2.24, 2.45) is 0 Å². The summed E-state index contributed by atoms with van der Waals surface area (Å²) in [6.07, 6.45) is 5.09. The molecule has 5 aromatic rings. The second-order valence-corrected chi connectivity index (χ2v) is 7.87. The van der Waals surface area contributed by atoms with Crippen LogP contribution < -0.4 is 5.32 Å². The molecule has 7 heteroatoms. The molecule has 0 spiro atoms. The third-order valence-electron chi connectivity index (χ3n) is 5.56. The molecule has 2 aromatic heterocycles. The lowest BCUT2D eigenvalue weighted by molar-refractivity contribution is 0.0952. The van der Waals surface area contributed by atoms with Crippen LogP contribution >= 0.6 is 11.6 Å². The molecule has 5 rings (SSSR count). The number of H-pyrrole nitrogens is 1. The first-order chi connectivity index (χ1) is 15.7. The Morgan fingerprint density at radius 2 is 1.78 bits per heavy atom. The number of amides is 1. The van der Waals surface area contributed by atoms with E-state index in [1.807, 2.05) is 60.8 Å². The van der Waals surface area contributed by atoms with Crippen molar-refractivity contribution in [1.82, 2.24) is 25.1 Å². The lowest BCUT2D eigenvalue weighted by atomic mass is 9.90. The smallest absolute Gasteiger partial charge is 0.251 e. The van der Waals surface area contributed by atoms with Gasteiger partial charge < -0.3 is 10.3 Å². The number of hydrogen-bond donors (Lipinski definition) is 2. The summed E-state index contributed by atoms with van der Waals surface area (Å²) in [7, 11) is 0. The van der Waals surface area contributed by atoms with Crippen molar-refractivity contribution in [2.45, 2.75) is 5.92 Å². The summed E-state index contributed by atoms with van der Waals surface area (Å²) in [5, 5.41) is 8.98. The van der Waals surface area contributed by atoms with E-state index in [0.29, 0.717) is 17.1 Å². The van der Waals surface area contributed by atoms with Gasteiger partial charge in [-0.2, -0.15) is 5.10 Å². The molecule has 0 fully saturated rings. The van der Waals surface area contributed by atoms with E-state index in [2.05, 4.69) is 26.4 Å². The molecule has 0 saturated heterocycles. The number of carbonyl (C=O) groups is 1. The van der Waals surface area contributed by atoms with Crippen molar-refractivity contribution in [1.29, 1.82) is 0 Å². The van der Waals surface area contributed by atoms with E-state index in [1.54, 1.807) is 23.1 Å². The molecular formula is C25H20ClN5O. The van der Waals surface area contributed by atoms with Crippen LogP contribution in [0.5, 0.6) is 0 Å². The van der Waals surface area contributed by atoms with E-state index in [1.165, 1.54) is 6.33 Å². The Hall–Kier alpha value is -3.90. The fraction of sp³-hybridized carbons (Fsp3) is 0.0800. The number of nitrogens with zero attached hydrogens (tertiary/aromatic N) is 3. The zero-order valence-corrected chi connectivity index (χ0v) is 17.8. The van der Waals surface area contributed by atoms with Crippen LogP contribution in [-0.2, 0) is 0 Å². The maximum absolute atomic E-state index is 12.9. The minimum absolute atomic E-state index is 0.0989. The Morgan fingerprint density at radius 3 is 2.56 bits per heavy atom. The van der Waals surface area contributed by atoms with Crippen molar-refractivity contribution < 1.29 is 4.79 Å². The molecule has 6 nitrogen and oxygen atoms in total. The van der Waals surface area contributed by atoms with Gasteiger partial charge in [0.25, 0.3) is 5.91 Å². The molecule has 0 aliphatic heterocycles. The van der Waals surface area contributed by atoms with Crippen LogP contribution in [-0.4, -0.2) is 32.2 Å². The van der Waals surface area contributed by atoms with Gasteiger partial charge in [0.2, 0.25) is 0 Å². The van der Waals surface area contributed by atoms with Crippen LogP contribution in [0, 0.1) is 0 Å². The first-order valence-electron chi connectivity index (χ1n) is 10.2. The van der Waals surface area contributed by atoms with E-state index >= 15 is 0 Å². The SMILES string of the molecule is O=C(NCC(c1ccccc1Cl)c1c[nH]c2ccccc12)c1ccc(-n2cncn2)cc1. The summed E-state index contributed by atoms with van der Waals surface area (Å²) >= 11 is 6.55. The Labute approximate surface area is 189 Å². The van der Waals surface area contributed by atoms with Gasteiger partial charge in [-0.05, 0) is 47.5 Å². The summed E-state index contributed by atoms with van der Waals surface area (Å²) in [6, 6.07) is 23.1. The Bertz CT molecular complexity index is 1360. The molecule has 0 radical (unpaired) electrons. The van der Waals surface area contributed by atoms with Crippen LogP contribution in [0.4, 0.5) is 0 Å². The number of aromatic nitrogens is 4. The molecule has 0 aliphatic carbocycles. The Balaban J connectivity index is 1.41. The van der Waals surface area contributed by atoms with Gasteiger partial charge in [0.15, 0.2) is 0 Å². The third kappa shape index (κ3) is 3.88. The molecule has 1 amide bonds. The third-order valence-corrected chi connectivity index (χ3v) is 5.90. The minimum Gasteiger partial charge on any atom is -0.361 e. The van der Waals surface area contributed by atoms with Gasteiger partial charge in [0.1, 0.15) is 12.7 Å². The van der Waals surface area contributed by atoms with E-state index < -0.39 is 0 Å². The van der Waals surface area contributed by atoms with Crippen molar-refractivity contribution in [3.63, 3.8) is 0 Å². The Morgan fingerprint density at radius 1 is 1.00 bits per heavy atom. The quantitative estimate of drug-likeness (QED) is 0.391. The molecule has 1 unspecified atom stereocenters. The Kier molecular flexibility index (Phi) is 5.44. The molecule has 0 bridgehead atoms. The van der Waals surface area contributed by atoms with Crippen LogP contribution in [0.2, 0.25) is 5.02 Å². The summed E-state index contributed by atoms with van der Waals surface area (Å²) in [5.74, 6) is -0.245. The van der Waals surface area contributed by atoms with Crippen LogP contribution in [0.3, 0.4) is 0 Å². The lowest BCUT2D eigenvalue weighted by Gasteiger charge is -2.19. The zero-order valence-electron chi connectivity index (χ0n) is 17.1. The molecule has 2 heterocycles. The van der Waals surface area contributed by atoms with E-state index in [-0.39, 0.29) is 11.8 Å². The standard InChI is InChI=1S/C25H20ClN5O/c26-23-7-3-1-5-19(23)21(22-13-28-24-8-4-2-6-20(22)24)14-29-25(32)17-9-11-18(12-10-17)31-16-27-15-30-31/h1-13,15-16,21,28H,14H2,(H,29,32). The van der Waals surface area contributed by atoms with Gasteiger partial charge in [-0.25, -0.2) is 9.67 Å². The minimum atomic E-state index is -0.146. The second kappa shape index (κ2) is 8.69. The molecule has 3 aromatic carbocycles. The fourth-order valence-electron chi connectivity index (χ4n) is 3.93. The van der Waals surface area contributed by atoms with Crippen molar-refractivity contribution in [2.75, 3.05) is 6.54 Å². The number of aromatic amines is 1. The second-order valence-electron chi connectivity index (χ2n) is 7.46. The molecule has 0 saturated carbocycles. The average Bonchev–Trinajstić information content (AvgIpc) is 3.51. The summed E-state index contributed by atoms with van der Waals surface area (Å²) in [5.41, 5.74) is 4.53. The number of carbonyl (C=O) groups excluding carboxylic acids is 1. The number of benzene rings is 3. The molecule has 32 heavy (non-hydrogen) atoms. The average molecular weight is 442 g/mol. The predicted octanol–water partition coefficient (Wildman–Crippen LogP) is 4.96. The summed E-state index contributed by atoms with van der Waals surface area (Å²) in [4.78, 5) is 20.2. The summed E-state index contributed by atoms with van der Waals surface area (Å²) in [6.45, 7) is 0.412. The zero-order chi connectivity index (χ0) is 21.9. The molecule has 158 valence electrons. The van der Waals surface area contributed by atoms with E-state index in [0.717, 1.165) is 27.7 Å². The number of para-hydroxylation sites is 1. The van der Waals surface area contributed by atoms with E-state index in [9.17, 15) is 4.79 Å². The van der Waals surface area contributed by atoms with Crippen LogP contribution in [0.1, 0.15) is 27.4 Å². The predicted molar refractivity (Wildman–Crippen MR) is 125 cm³/mol. The fourth-order valence-corrected chi connectivity index (χ4v) is 4.20. The maximum Gasteiger partial charge on any atom is 0.251 e. The molecule has 0 aliphatic rings. The van der Waals surface area contributed by atoms with Crippen molar-refractivity contribution in [3.8, 4) is 5.69 Å². The normalized spacial score (nSPS) is 12.0. The first-order valence-corrected chi connectivity index (χ1v) is 10.6. The first kappa shape index (κ1) is 20.0. The highest BCUT2D eigenvalue weighted by molar-refractivity contribution is 6.31. The number of nitrogens with one attached hydrogen (secondary N) is 2. The van der Waals surface area contributed by atoms with Crippen molar-refractivity contribution >= 4 is 28.4 Å². The van der Waals surface area contributed by atoms with Gasteiger partial charge in [0, 0.05) is 40.1 Å². The number of halogens is 1. The topological polar surface area (TPSA) is 75.6 Å². The highest BCUT2D eigenvalue weighted by atomic mass is 35.5. The van der Waals surface area contributed by atoms with Crippen LogP contribution in [0.25, 0.3) is 16.6 Å². The number of hydrogen-bond acceptors (Lipinski definition) is 3.